The van der Waals surface area contributed by atoms with Crippen LogP contribution in [0.5, 0.6) is 0 Å². The van der Waals surface area contributed by atoms with Crippen LogP contribution >= 0.6 is 27.7 Å². The number of carboxylic acid groups (broad SMARTS) is 1. The lowest BCUT2D eigenvalue weighted by Gasteiger charge is -1.98. The maximum Gasteiger partial charge on any atom is 0.342 e. The lowest BCUT2D eigenvalue weighted by molar-refractivity contribution is -0.131. The number of aliphatic carboxylic acids is 1. The van der Waals surface area contributed by atoms with Crippen molar-refractivity contribution in [1.29, 1.82) is 0 Å². The second-order valence-electron chi connectivity index (χ2n) is 4.71. The molecule has 0 aliphatic rings. The summed E-state index contributed by atoms with van der Waals surface area (Å²) < 4.78 is 11.9. The van der Waals surface area contributed by atoms with Crippen LogP contribution in [0.4, 0.5) is 0 Å². The van der Waals surface area contributed by atoms with E-state index in [-0.39, 0.29) is 10.1 Å². The van der Waals surface area contributed by atoms with Crippen molar-refractivity contribution in [1.82, 2.24) is 10.2 Å². The number of nitrogens with zero attached hydrogens (tertiary/aromatic N) is 2. The standard InChI is InChI=1S/C16H11BrN2O4S/c1-9-18-19-16(22-9)24-14(15(20)21)8-12-6-7-13(23-12)10-2-4-11(17)5-3-10/h2-8H,1H3,(H,20,21)/b14-8+. The molecule has 0 aliphatic carbocycles. The van der Waals surface area contributed by atoms with Crippen LogP contribution in [0.25, 0.3) is 17.4 Å². The number of rotatable bonds is 5. The quantitative estimate of drug-likeness (QED) is 0.488. The lowest BCUT2D eigenvalue weighted by atomic mass is 10.2. The first-order chi connectivity index (χ1) is 11.5. The van der Waals surface area contributed by atoms with E-state index in [9.17, 15) is 9.90 Å². The Kier molecular flexibility index (Phi) is 4.86. The fraction of sp³-hybridized carbons (Fsp3) is 0.0625. The minimum Gasteiger partial charge on any atom is -0.477 e. The Labute approximate surface area is 149 Å². The number of aryl methyl sites for hydroxylation is 1. The average Bonchev–Trinajstić information content (AvgIpc) is 3.17. The monoisotopic (exact) mass is 406 g/mol. The summed E-state index contributed by atoms with van der Waals surface area (Å²) in [4.78, 5) is 11.4. The molecule has 3 rings (SSSR count). The number of benzene rings is 1. The van der Waals surface area contributed by atoms with E-state index in [2.05, 4.69) is 26.1 Å². The molecule has 0 amide bonds. The summed E-state index contributed by atoms with van der Waals surface area (Å²) >= 11 is 4.25. The Balaban J connectivity index is 1.85. The zero-order valence-electron chi connectivity index (χ0n) is 12.4. The maximum atomic E-state index is 11.4. The van der Waals surface area contributed by atoms with Crippen molar-refractivity contribution >= 4 is 39.7 Å². The highest BCUT2D eigenvalue weighted by molar-refractivity contribution is 9.10. The summed E-state index contributed by atoms with van der Waals surface area (Å²) in [6.45, 7) is 1.64. The molecule has 0 atom stereocenters. The molecule has 1 N–H and O–H groups in total. The Hall–Kier alpha value is -2.32. The first-order valence-corrected chi connectivity index (χ1v) is 8.41. The van der Waals surface area contributed by atoms with Gasteiger partial charge < -0.3 is 13.9 Å². The Morgan fingerprint density at radius 1 is 1.17 bits per heavy atom. The molecule has 0 bridgehead atoms. The van der Waals surface area contributed by atoms with Gasteiger partial charge in [-0.15, -0.1) is 10.2 Å². The molecule has 0 radical (unpaired) electrons. The molecule has 8 heteroatoms. The molecule has 2 heterocycles. The van der Waals surface area contributed by atoms with Crippen LogP contribution in [0.15, 0.2) is 59.8 Å². The molecule has 3 aromatic rings. The minimum absolute atomic E-state index is 0.0235. The lowest BCUT2D eigenvalue weighted by Crippen LogP contribution is -1.96. The second-order valence-corrected chi connectivity index (χ2v) is 6.62. The number of halogens is 1. The summed E-state index contributed by atoms with van der Waals surface area (Å²) in [7, 11) is 0. The van der Waals surface area contributed by atoms with Gasteiger partial charge >= 0.3 is 5.97 Å². The number of thioether (sulfide) groups is 1. The molecule has 0 fully saturated rings. The molecule has 0 saturated heterocycles. The van der Waals surface area contributed by atoms with Gasteiger partial charge in [-0.1, -0.05) is 28.1 Å². The fourth-order valence-electron chi connectivity index (χ4n) is 1.88. The van der Waals surface area contributed by atoms with Crippen LogP contribution in [0.2, 0.25) is 0 Å². The van der Waals surface area contributed by atoms with Crippen molar-refractivity contribution in [2.24, 2.45) is 0 Å². The number of carbonyl (C=O) groups is 1. The topological polar surface area (TPSA) is 89.4 Å². The highest BCUT2D eigenvalue weighted by atomic mass is 79.9. The molecule has 0 spiro atoms. The molecule has 1 aromatic carbocycles. The molecule has 24 heavy (non-hydrogen) atoms. The molecule has 0 saturated carbocycles. The molecule has 6 nitrogen and oxygen atoms in total. The van der Waals surface area contributed by atoms with Gasteiger partial charge in [0.1, 0.15) is 16.4 Å². The highest BCUT2D eigenvalue weighted by Gasteiger charge is 2.15. The van der Waals surface area contributed by atoms with Gasteiger partial charge in [0.15, 0.2) is 0 Å². The summed E-state index contributed by atoms with van der Waals surface area (Å²) in [6.07, 6.45) is 1.43. The first kappa shape index (κ1) is 16.5. The summed E-state index contributed by atoms with van der Waals surface area (Å²) in [5, 5.41) is 16.9. The molecular formula is C16H11BrN2O4S. The van der Waals surface area contributed by atoms with Gasteiger partial charge in [-0.25, -0.2) is 4.79 Å². The minimum atomic E-state index is -1.10. The van der Waals surface area contributed by atoms with Gasteiger partial charge in [-0.05, 0) is 36.0 Å². The van der Waals surface area contributed by atoms with Crippen molar-refractivity contribution in [3.8, 4) is 11.3 Å². The van der Waals surface area contributed by atoms with Crippen LogP contribution in [0, 0.1) is 6.92 Å². The number of carboxylic acids is 1. The van der Waals surface area contributed by atoms with Gasteiger partial charge in [-0.3, -0.25) is 0 Å². The van der Waals surface area contributed by atoms with E-state index in [1.54, 1.807) is 19.1 Å². The molecule has 2 aromatic heterocycles. The second kappa shape index (κ2) is 7.06. The largest absolute Gasteiger partial charge is 0.477 e. The van der Waals surface area contributed by atoms with Crippen molar-refractivity contribution in [2.75, 3.05) is 0 Å². The summed E-state index contributed by atoms with van der Waals surface area (Å²) in [6, 6.07) is 11.1. The van der Waals surface area contributed by atoms with Crippen molar-refractivity contribution in [3.05, 3.63) is 57.4 Å². The van der Waals surface area contributed by atoms with E-state index in [1.807, 2.05) is 24.3 Å². The number of hydrogen-bond donors (Lipinski definition) is 1. The third-order valence-electron chi connectivity index (χ3n) is 2.94. The van der Waals surface area contributed by atoms with E-state index in [0.717, 1.165) is 21.8 Å². The summed E-state index contributed by atoms with van der Waals surface area (Å²) in [5.74, 6) is 0.349. The van der Waals surface area contributed by atoms with Crippen LogP contribution < -0.4 is 0 Å². The Morgan fingerprint density at radius 3 is 2.54 bits per heavy atom. The van der Waals surface area contributed by atoms with E-state index < -0.39 is 5.97 Å². The zero-order valence-corrected chi connectivity index (χ0v) is 14.8. The van der Waals surface area contributed by atoms with Gasteiger partial charge in [0.25, 0.3) is 5.22 Å². The average molecular weight is 407 g/mol. The molecule has 0 aliphatic heterocycles. The van der Waals surface area contributed by atoms with Gasteiger partial charge in [0, 0.05) is 23.0 Å². The third kappa shape index (κ3) is 3.95. The molecular weight excluding hydrogens is 396 g/mol. The Morgan fingerprint density at radius 2 is 1.92 bits per heavy atom. The molecule has 122 valence electrons. The zero-order chi connectivity index (χ0) is 17.1. The van der Waals surface area contributed by atoms with Crippen LogP contribution in [-0.4, -0.2) is 21.3 Å². The number of furan rings is 1. The number of hydrogen-bond acceptors (Lipinski definition) is 6. The smallest absolute Gasteiger partial charge is 0.342 e. The highest BCUT2D eigenvalue weighted by Crippen LogP contribution is 2.29. The van der Waals surface area contributed by atoms with E-state index >= 15 is 0 Å². The SMILES string of the molecule is Cc1nnc(S/C(=C/c2ccc(-c3ccc(Br)cc3)o2)C(=O)O)o1. The Bertz CT molecular complexity index is 899. The number of aromatic nitrogens is 2. The predicted molar refractivity (Wildman–Crippen MR) is 92.3 cm³/mol. The van der Waals surface area contributed by atoms with Gasteiger partial charge in [0.05, 0.1) is 0 Å². The summed E-state index contributed by atoms with van der Waals surface area (Å²) in [5.41, 5.74) is 0.898. The van der Waals surface area contributed by atoms with Gasteiger partial charge in [0.2, 0.25) is 5.89 Å². The van der Waals surface area contributed by atoms with E-state index in [4.69, 9.17) is 8.83 Å². The van der Waals surface area contributed by atoms with E-state index in [1.165, 1.54) is 6.08 Å². The van der Waals surface area contributed by atoms with Crippen molar-refractivity contribution < 1.29 is 18.7 Å². The van der Waals surface area contributed by atoms with Crippen LogP contribution in [0.3, 0.4) is 0 Å². The van der Waals surface area contributed by atoms with Crippen molar-refractivity contribution in [3.63, 3.8) is 0 Å². The third-order valence-corrected chi connectivity index (χ3v) is 4.33. The van der Waals surface area contributed by atoms with Gasteiger partial charge in [-0.2, -0.15) is 0 Å². The molecule has 0 unspecified atom stereocenters. The normalized spacial score (nSPS) is 11.7. The fourth-order valence-corrected chi connectivity index (χ4v) is 2.84. The van der Waals surface area contributed by atoms with Crippen LogP contribution in [-0.2, 0) is 4.79 Å². The van der Waals surface area contributed by atoms with Crippen LogP contribution in [0.1, 0.15) is 11.7 Å². The first-order valence-electron chi connectivity index (χ1n) is 6.80. The van der Waals surface area contributed by atoms with Crippen molar-refractivity contribution in [2.45, 2.75) is 12.1 Å². The maximum absolute atomic E-state index is 11.4. The van der Waals surface area contributed by atoms with E-state index in [0.29, 0.717) is 17.4 Å². The predicted octanol–water partition coefficient (Wildman–Crippen LogP) is 4.62.